The Labute approximate surface area is 138 Å². The van der Waals surface area contributed by atoms with Crippen molar-refractivity contribution >= 4 is 23.2 Å². The van der Waals surface area contributed by atoms with Crippen LogP contribution in [0.5, 0.6) is 0 Å². The molecule has 0 amide bonds. The molecule has 4 heteroatoms. The Morgan fingerprint density at radius 3 is 2.90 bits per heavy atom. The molecule has 0 bridgehead atoms. The van der Waals surface area contributed by atoms with Crippen LogP contribution in [0.4, 0.5) is 0 Å². The SMILES string of the molecule is CCCC1CCCCN1CCC(N)c1cccc(Cl)c1Cl. The van der Waals surface area contributed by atoms with E-state index in [0.717, 1.165) is 24.6 Å². The minimum absolute atomic E-state index is 0.0413. The zero-order chi connectivity index (χ0) is 15.2. The van der Waals surface area contributed by atoms with Gasteiger partial charge in [-0.25, -0.2) is 0 Å². The lowest BCUT2D eigenvalue weighted by Gasteiger charge is -2.36. The van der Waals surface area contributed by atoms with E-state index in [1.54, 1.807) is 0 Å². The first kappa shape index (κ1) is 17.1. The molecular formula is C17H26Cl2N2. The van der Waals surface area contributed by atoms with E-state index in [2.05, 4.69) is 11.8 Å². The monoisotopic (exact) mass is 328 g/mol. The first-order valence-corrected chi connectivity index (χ1v) is 8.82. The second-order valence-electron chi connectivity index (χ2n) is 6.01. The highest BCUT2D eigenvalue weighted by molar-refractivity contribution is 6.42. The molecule has 21 heavy (non-hydrogen) atoms. The topological polar surface area (TPSA) is 29.3 Å². The standard InChI is InChI=1S/C17H26Cl2N2/c1-2-6-13-7-3-4-11-21(13)12-10-16(20)14-8-5-9-15(18)17(14)19/h5,8-9,13,16H,2-4,6-7,10-12,20H2,1H3. The van der Waals surface area contributed by atoms with Crippen LogP contribution in [0.25, 0.3) is 0 Å². The van der Waals surface area contributed by atoms with Crippen molar-refractivity contribution in [2.24, 2.45) is 5.73 Å². The highest BCUT2D eigenvalue weighted by Gasteiger charge is 2.22. The molecule has 1 aromatic rings. The van der Waals surface area contributed by atoms with Gasteiger partial charge in [-0.2, -0.15) is 0 Å². The van der Waals surface area contributed by atoms with E-state index >= 15 is 0 Å². The van der Waals surface area contributed by atoms with Gasteiger partial charge >= 0.3 is 0 Å². The average molecular weight is 329 g/mol. The average Bonchev–Trinajstić information content (AvgIpc) is 2.49. The van der Waals surface area contributed by atoms with E-state index < -0.39 is 0 Å². The molecule has 1 aliphatic heterocycles. The number of rotatable bonds is 6. The predicted octanol–water partition coefficient (Wildman–Crippen LogP) is 5.04. The minimum Gasteiger partial charge on any atom is -0.324 e. The number of piperidine rings is 1. The van der Waals surface area contributed by atoms with E-state index in [4.69, 9.17) is 28.9 Å². The summed E-state index contributed by atoms with van der Waals surface area (Å²) in [5, 5.41) is 1.20. The van der Waals surface area contributed by atoms with Gasteiger partial charge < -0.3 is 10.6 Å². The fourth-order valence-corrected chi connectivity index (χ4v) is 3.73. The molecule has 1 fully saturated rings. The Hall–Kier alpha value is -0.280. The number of nitrogens with two attached hydrogens (primary N) is 1. The molecule has 0 spiro atoms. The molecule has 2 N–H and O–H groups in total. The first-order chi connectivity index (χ1) is 10.1. The fourth-order valence-electron chi connectivity index (χ4n) is 3.28. The van der Waals surface area contributed by atoms with Gasteiger partial charge in [-0.05, 0) is 43.9 Å². The van der Waals surface area contributed by atoms with Gasteiger partial charge in [-0.1, -0.05) is 55.1 Å². The molecule has 1 aliphatic rings. The molecule has 0 aliphatic carbocycles. The summed E-state index contributed by atoms with van der Waals surface area (Å²) in [5.41, 5.74) is 7.30. The molecule has 0 aromatic heterocycles. The van der Waals surface area contributed by atoms with Crippen LogP contribution in [0, 0.1) is 0 Å². The Morgan fingerprint density at radius 2 is 2.14 bits per heavy atom. The normalized spacial score (nSPS) is 21.4. The summed E-state index contributed by atoms with van der Waals surface area (Å²) in [6.45, 7) is 4.53. The summed E-state index contributed by atoms with van der Waals surface area (Å²) in [6, 6.07) is 6.41. The summed E-state index contributed by atoms with van der Waals surface area (Å²) in [4.78, 5) is 2.62. The Morgan fingerprint density at radius 1 is 1.33 bits per heavy atom. The fraction of sp³-hybridized carbons (Fsp3) is 0.647. The maximum Gasteiger partial charge on any atom is 0.0640 e. The van der Waals surface area contributed by atoms with Crippen LogP contribution >= 0.6 is 23.2 Å². The second kappa shape index (κ2) is 8.38. The third-order valence-corrected chi connectivity index (χ3v) is 5.31. The van der Waals surface area contributed by atoms with Crippen LogP contribution in [0.1, 0.15) is 57.1 Å². The third-order valence-electron chi connectivity index (χ3n) is 4.48. The molecule has 1 aromatic carbocycles. The van der Waals surface area contributed by atoms with Crippen molar-refractivity contribution in [2.45, 2.75) is 57.5 Å². The van der Waals surface area contributed by atoms with Gasteiger partial charge in [-0.3, -0.25) is 0 Å². The maximum atomic E-state index is 6.33. The predicted molar refractivity (Wildman–Crippen MR) is 92.1 cm³/mol. The second-order valence-corrected chi connectivity index (χ2v) is 6.80. The van der Waals surface area contributed by atoms with Gasteiger partial charge in [0.15, 0.2) is 0 Å². The first-order valence-electron chi connectivity index (χ1n) is 8.07. The Balaban J connectivity index is 1.93. The largest absolute Gasteiger partial charge is 0.324 e. The van der Waals surface area contributed by atoms with Crippen molar-refractivity contribution in [3.63, 3.8) is 0 Å². The van der Waals surface area contributed by atoms with E-state index in [1.807, 2.05) is 18.2 Å². The van der Waals surface area contributed by atoms with Gasteiger partial charge in [0.05, 0.1) is 10.0 Å². The van der Waals surface area contributed by atoms with Gasteiger partial charge in [0.25, 0.3) is 0 Å². The highest BCUT2D eigenvalue weighted by atomic mass is 35.5. The van der Waals surface area contributed by atoms with E-state index in [0.29, 0.717) is 10.0 Å². The summed E-state index contributed by atoms with van der Waals surface area (Å²) in [7, 11) is 0. The molecule has 0 saturated carbocycles. The Kier molecular flexibility index (Phi) is 6.81. The quantitative estimate of drug-likeness (QED) is 0.792. The van der Waals surface area contributed by atoms with E-state index in [9.17, 15) is 0 Å². The van der Waals surface area contributed by atoms with Crippen LogP contribution in [0.2, 0.25) is 10.0 Å². The van der Waals surface area contributed by atoms with Crippen LogP contribution in [0.15, 0.2) is 18.2 Å². The number of likely N-dealkylation sites (tertiary alicyclic amines) is 1. The van der Waals surface area contributed by atoms with Gasteiger partial charge in [0.1, 0.15) is 0 Å². The number of benzene rings is 1. The maximum absolute atomic E-state index is 6.33. The van der Waals surface area contributed by atoms with E-state index in [1.165, 1.54) is 38.6 Å². The van der Waals surface area contributed by atoms with Gasteiger partial charge in [0, 0.05) is 18.6 Å². The molecule has 2 rings (SSSR count). The van der Waals surface area contributed by atoms with Crippen molar-refractivity contribution in [2.75, 3.05) is 13.1 Å². The third kappa shape index (κ3) is 4.59. The molecule has 0 radical (unpaired) electrons. The lowest BCUT2D eigenvalue weighted by Crippen LogP contribution is -2.40. The number of nitrogens with zero attached hydrogens (tertiary/aromatic N) is 1. The van der Waals surface area contributed by atoms with E-state index in [-0.39, 0.29) is 6.04 Å². The molecule has 1 saturated heterocycles. The van der Waals surface area contributed by atoms with Crippen molar-refractivity contribution in [1.29, 1.82) is 0 Å². The Bertz CT molecular complexity index is 448. The molecule has 2 unspecified atom stereocenters. The number of hydrogen-bond acceptors (Lipinski definition) is 2. The molecular weight excluding hydrogens is 303 g/mol. The zero-order valence-electron chi connectivity index (χ0n) is 12.8. The summed E-state index contributed by atoms with van der Waals surface area (Å²) in [6.07, 6.45) is 7.50. The smallest absolute Gasteiger partial charge is 0.0640 e. The van der Waals surface area contributed by atoms with Crippen LogP contribution in [-0.4, -0.2) is 24.0 Å². The molecule has 2 nitrogen and oxygen atoms in total. The van der Waals surface area contributed by atoms with Gasteiger partial charge in [0.2, 0.25) is 0 Å². The summed E-state index contributed by atoms with van der Waals surface area (Å²) < 4.78 is 0. The summed E-state index contributed by atoms with van der Waals surface area (Å²) in [5.74, 6) is 0. The van der Waals surface area contributed by atoms with Crippen LogP contribution in [-0.2, 0) is 0 Å². The van der Waals surface area contributed by atoms with Crippen molar-refractivity contribution in [3.8, 4) is 0 Å². The number of hydrogen-bond donors (Lipinski definition) is 1. The zero-order valence-corrected chi connectivity index (χ0v) is 14.3. The van der Waals surface area contributed by atoms with Gasteiger partial charge in [-0.15, -0.1) is 0 Å². The van der Waals surface area contributed by atoms with Crippen molar-refractivity contribution in [1.82, 2.24) is 4.90 Å². The lowest BCUT2D eigenvalue weighted by atomic mass is 9.97. The summed E-state index contributed by atoms with van der Waals surface area (Å²) >= 11 is 12.3. The minimum atomic E-state index is -0.0413. The lowest BCUT2D eigenvalue weighted by molar-refractivity contribution is 0.135. The van der Waals surface area contributed by atoms with Crippen LogP contribution < -0.4 is 5.73 Å². The number of halogens is 2. The molecule has 118 valence electrons. The van der Waals surface area contributed by atoms with Crippen molar-refractivity contribution in [3.05, 3.63) is 33.8 Å². The molecule has 1 heterocycles. The highest BCUT2D eigenvalue weighted by Crippen LogP contribution is 2.31. The molecule has 2 atom stereocenters. The van der Waals surface area contributed by atoms with Crippen LogP contribution in [0.3, 0.4) is 0 Å². The van der Waals surface area contributed by atoms with Crippen molar-refractivity contribution < 1.29 is 0 Å².